The van der Waals surface area contributed by atoms with Crippen LogP contribution >= 0.6 is 11.6 Å². The highest BCUT2D eigenvalue weighted by atomic mass is 35.5. The average Bonchev–Trinajstić information content (AvgIpc) is 3.27. The zero-order valence-corrected chi connectivity index (χ0v) is 16.2. The number of aliphatic hydroxyl groups is 3. The van der Waals surface area contributed by atoms with Crippen LogP contribution in [0.3, 0.4) is 0 Å². The Morgan fingerprint density at radius 1 is 1.24 bits per heavy atom. The van der Waals surface area contributed by atoms with Crippen LogP contribution in [0, 0.1) is 0 Å². The van der Waals surface area contributed by atoms with Crippen LogP contribution in [0.25, 0.3) is 11.2 Å². The van der Waals surface area contributed by atoms with Gasteiger partial charge in [-0.1, -0.05) is 18.2 Å². The molecule has 1 aliphatic rings. The van der Waals surface area contributed by atoms with Gasteiger partial charge in [-0.25, -0.2) is 4.98 Å². The number of imidazole rings is 1. The number of nitrogens with zero attached hydrogens (tertiary/aromatic N) is 4. The first-order valence-electron chi connectivity index (χ1n) is 8.91. The Hall–Kier alpha value is -2.50. The van der Waals surface area contributed by atoms with Crippen molar-refractivity contribution >= 4 is 28.6 Å². The summed E-state index contributed by atoms with van der Waals surface area (Å²) in [6, 6.07) is 7.56. The standard InChI is InChI=1S/C18H20ClN5O5/c1-28-10-5-3-2-4-9(10)6-20-15-12-16(23-18(19)22-15)24(8-21-12)17-14(27)13(26)11(7-25)29-17/h2-5,8,11,13-14,17,25-27H,6-7H2,1H3,(H,20,22,23)/t11-,13?,14?,17-/m1/s1. The van der Waals surface area contributed by atoms with E-state index in [4.69, 9.17) is 21.1 Å². The van der Waals surface area contributed by atoms with Crippen LogP contribution in [0.4, 0.5) is 5.82 Å². The minimum absolute atomic E-state index is 0.0199. The predicted molar refractivity (Wildman–Crippen MR) is 104 cm³/mol. The lowest BCUT2D eigenvalue weighted by atomic mass is 10.1. The number of hydrogen-bond acceptors (Lipinski definition) is 9. The van der Waals surface area contributed by atoms with Crippen LogP contribution in [-0.4, -0.2) is 66.9 Å². The van der Waals surface area contributed by atoms with Crippen molar-refractivity contribution in [3.63, 3.8) is 0 Å². The van der Waals surface area contributed by atoms with E-state index in [-0.39, 0.29) is 5.28 Å². The van der Waals surface area contributed by atoms with Crippen LogP contribution in [0.5, 0.6) is 5.75 Å². The van der Waals surface area contributed by atoms with E-state index in [0.29, 0.717) is 23.5 Å². The molecule has 2 aromatic heterocycles. The number of nitrogens with one attached hydrogen (secondary N) is 1. The summed E-state index contributed by atoms with van der Waals surface area (Å²) in [5.74, 6) is 1.13. The maximum atomic E-state index is 10.3. The number of aromatic nitrogens is 4. The first-order chi connectivity index (χ1) is 14.0. The lowest BCUT2D eigenvalue weighted by molar-refractivity contribution is -0.0511. The number of para-hydroxylation sites is 1. The minimum atomic E-state index is -1.26. The zero-order valence-electron chi connectivity index (χ0n) is 15.4. The van der Waals surface area contributed by atoms with Gasteiger partial charge in [0, 0.05) is 12.1 Å². The van der Waals surface area contributed by atoms with Crippen LogP contribution < -0.4 is 10.1 Å². The van der Waals surface area contributed by atoms with Crippen molar-refractivity contribution in [2.45, 2.75) is 31.1 Å². The highest BCUT2D eigenvalue weighted by Crippen LogP contribution is 2.33. The molecule has 29 heavy (non-hydrogen) atoms. The maximum absolute atomic E-state index is 10.3. The molecule has 1 aromatic carbocycles. The molecule has 0 bridgehead atoms. The fourth-order valence-electron chi connectivity index (χ4n) is 3.34. The van der Waals surface area contributed by atoms with E-state index in [1.807, 2.05) is 24.3 Å². The van der Waals surface area contributed by atoms with Gasteiger partial charge in [0.2, 0.25) is 5.28 Å². The third-order valence-corrected chi connectivity index (χ3v) is 4.99. The topological polar surface area (TPSA) is 135 Å². The molecular formula is C18H20ClN5O5. The fraction of sp³-hybridized carbons (Fsp3) is 0.389. The lowest BCUT2D eigenvalue weighted by Gasteiger charge is -2.16. The second kappa shape index (κ2) is 8.09. The molecular weight excluding hydrogens is 402 g/mol. The van der Waals surface area contributed by atoms with Gasteiger partial charge in [0.15, 0.2) is 23.2 Å². The summed E-state index contributed by atoms with van der Waals surface area (Å²) in [5, 5.41) is 32.8. The molecule has 11 heteroatoms. The third kappa shape index (κ3) is 3.61. The highest BCUT2D eigenvalue weighted by molar-refractivity contribution is 6.28. The van der Waals surface area contributed by atoms with Gasteiger partial charge in [0.25, 0.3) is 0 Å². The van der Waals surface area contributed by atoms with E-state index < -0.39 is 31.1 Å². The number of fused-ring (bicyclic) bond motifs is 1. The summed E-state index contributed by atoms with van der Waals surface area (Å²) in [4.78, 5) is 12.7. The van der Waals surface area contributed by atoms with Gasteiger partial charge in [-0.05, 0) is 17.7 Å². The Morgan fingerprint density at radius 3 is 2.76 bits per heavy atom. The molecule has 4 rings (SSSR count). The summed E-state index contributed by atoms with van der Waals surface area (Å²) in [5.41, 5.74) is 1.66. The summed E-state index contributed by atoms with van der Waals surface area (Å²) in [6.07, 6.45) is -2.95. The van der Waals surface area contributed by atoms with E-state index in [2.05, 4.69) is 20.3 Å². The molecule has 0 saturated carbocycles. The van der Waals surface area contributed by atoms with Gasteiger partial charge in [0.05, 0.1) is 20.0 Å². The molecule has 0 spiro atoms. The number of hydrogen-bond donors (Lipinski definition) is 4. The van der Waals surface area contributed by atoms with Crippen LogP contribution in [0.2, 0.25) is 5.28 Å². The molecule has 10 nitrogen and oxygen atoms in total. The summed E-state index contributed by atoms with van der Waals surface area (Å²) in [6.45, 7) is -0.0179. The van der Waals surface area contributed by atoms with Crippen molar-refractivity contribution in [1.29, 1.82) is 0 Å². The third-order valence-electron chi connectivity index (χ3n) is 4.82. The Kier molecular flexibility index (Phi) is 5.52. The van der Waals surface area contributed by atoms with E-state index in [9.17, 15) is 15.3 Å². The van der Waals surface area contributed by atoms with E-state index >= 15 is 0 Å². The Balaban J connectivity index is 1.65. The summed E-state index contributed by atoms with van der Waals surface area (Å²) in [7, 11) is 1.60. The van der Waals surface area contributed by atoms with Crippen LogP contribution in [0.1, 0.15) is 11.8 Å². The largest absolute Gasteiger partial charge is 0.496 e. The van der Waals surface area contributed by atoms with E-state index in [1.54, 1.807) is 7.11 Å². The lowest BCUT2D eigenvalue weighted by Crippen LogP contribution is -2.33. The first-order valence-corrected chi connectivity index (χ1v) is 9.29. The van der Waals surface area contributed by atoms with Crippen molar-refractivity contribution in [3.8, 4) is 5.75 Å². The molecule has 0 amide bonds. The molecule has 0 radical (unpaired) electrons. The normalized spacial score (nSPS) is 24.2. The van der Waals surface area contributed by atoms with Gasteiger partial charge in [-0.3, -0.25) is 4.57 Å². The first kappa shape index (κ1) is 19.8. The van der Waals surface area contributed by atoms with Crippen molar-refractivity contribution < 1.29 is 24.8 Å². The van der Waals surface area contributed by atoms with Gasteiger partial charge < -0.3 is 30.1 Å². The molecule has 1 saturated heterocycles. The van der Waals surface area contributed by atoms with Gasteiger partial charge in [0.1, 0.15) is 24.1 Å². The van der Waals surface area contributed by atoms with Gasteiger partial charge in [-0.15, -0.1) is 0 Å². The number of ether oxygens (including phenoxy) is 2. The van der Waals surface area contributed by atoms with Gasteiger partial charge >= 0.3 is 0 Å². The molecule has 3 aromatic rings. The Labute approximate surface area is 170 Å². The second-order valence-electron chi connectivity index (χ2n) is 6.56. The Morgan fingerprint density at radius 2 is 2.03 bits per heavy atom. The maximum Gasteiger partial charge on any atom is 0.226 e. The fourth-order valence-corrected chi connectivity index (χ4v) is 3.50. The van der Waals surface area contributed by atoms with Crippen molar-refractivity contribution in [1.82, 2.24) is 19.5 Å². The summed E-state index contributed by atoms with van der Waals surface area (Å²) >= 11 is 6.10. The molecule has 4 N–H and O–H groups in total. The molecule has 1 fully saturated rings. The molecule has 0 aliphatic carbocycles. The number of anilines is 1. The number of halogens is 1. The van der Waals surface area contributed by atoms with Crippen molar-refractivity contribution in [2.75, 3.05) is 19.0 Å². The zero-order chi connectivity index (χ0) is 20.5. The molecule has 154 valence electrons. The van der Waals surface area contributed by atoms with Crippen LogP contribution in [-0.2, 0) is 11.3 Å². The van der Waals surface area contributed by atoms with Crippen molar-refractivity contribution in [3.05, 3.63) is 41.4 Å². The van der Waals surface area contributed by atoms with Crippen LogP contribution in [0.15, 0.2) is 30.6 Å². The SMILES string of the molecule is COc1ccccc1CNc1nc(Cl)nc2c1ncn2[C@@H]1O[C@H](CO)C(O)C1O. The smallest absolute Gasteiger partial charge is 0.226 e. The number of benzene rings is 1. The number of methoxy groups -OCH3 is 1. The molecule has 4 atom stereocenters. The monoisotopic (exact) mass is 421 g/mol. The highest BCUT2D eigenvalue weighted by Gasteiger charge is 2.44. The summed E-state index contributed by atoms with van der Waals surface area (Å²) < 4.78 is 12.4. The van der Waals surface area contributed by atoms with Gasteiger partial charge in [-0.2, -0.15) is 9.97 Å². The quantitative estimate of drug-likeness (QED) is 0.424. The number of rotatable bonds is 6. The minimum Gasteiger partial charge on any atom is -0.496 e. The predicted octanol–water partition coefficient (Wildman–Crippen LogP) is 0.712. The Bertz CT molecular complexity index is 1020. The second-order valence-corrected chi connectivity index (χ2v) is 6.90. The molecule has 3 heterocycles. The van der Waals surface area contributed by atoms with E-state index in [1.165, 1.54) is 10.9 Å². The molecule has 2 unspecified atom stereocenters. The number of aliphatic hydroxyl groups excluding tert-OH is 3. The van der Waals surface area contributed by atoms with Crippen molar-refractivity contribution in [2.24, 2.45) is 0 Å². The van der Waals surface area contributed by atoms with E-state index in [0.717, 1.165) is 11.3 Å². The molecule has 1 aliphatic heterocycles. The average molecular weight is 422 g/mol.